The lowest BCUT2D eigenvalue weighted by atomic mass is 9.73. The third kappa shape index (κ3) is 2.68. The summed E-state index contributed by atoms with van der Waals surface area (Å²) in [5, 5.41) is 0. The van der Waals surface area contributed by atoms with Gasteiger partial charge in [-0.3, -0.25) is 4.79 Å². The molecular weight excluding hydrogens is 275 g/mol. The molecule has 1 aliphatic rings. The molecule has 0 saturated heterocycles. The Bertz CT molecular complexity index is 526. The Kier molecular flexibility index (Phi) is 4.38. The van der Waals surface area contributed by atoms with Gasteiger partial charge >= 0.3 is 0 Å². The van der Waals surface area contributed by atoms with Crippen molar-refractivity contribution in [2.24, 2.45) is 11.1 Å². The molecule has 5 heteroatoms. The van der Waals surface area contributed by atoms with Crippen LogP contribution in [-0.4, -0.2) is 17.9 Å². The Morgan fingerprint density at radius 3 is 2.55 bits per heavy atom. The second-order valence-corrected chi connectivity index (χ2v) is 5.79. The summed E-state index contributed by atoms with van der Waals surface area (Å²) in [6, 6.07) is 5.99. The van der Waals surface area contributed by atoms with Gasteiger partial charge in [-0.25, -0.2) is 4.39 Å². The van der Waals surface area contributed by atoms with Crippen molar-refractivity contribution in [3.63, 3.8) is 0 Å². The number of nitrogens with zero attached hydrogens (tertiary/aromatic N) is 1. The topological polar surface area (TPSA) is 46.3 Å². The normalized spacial score (nSPS) is 17.5. The first-order chi connectivity index (χ1) is 9.47. The van der Waals surface area contributed by atoms with Crippen molar-refractivity contribution in [2.75, 3.05) is 11.9 Å². The molecule has 1 aromatic carbocycles. The highest BCUT2D eigenvalue weighted by Crippen LogP contribution is 2.39. The first-order valence-corrected chi connectivity index (χ1v) is 7.22. The monoisotopic (exact) mass is 294 g/mol. The molecule has 3 nitrogen and oxygen atoms in total. The molecule has 0 aromatic heterocycles. The molecule has 2 rings (SSSR count). The zero-order valence-corrected chi connectivity index (χ0v) is 12.4. The summed E-state index contributed by atoms with van der Waals surface area (Å²) in [6.45, 7) is 0. The number of thiocarbonyl (C=S) groups is 1. The van der Waals surface area contributed by atoms with Crippen LogP contribution in [0.25, 0.3) is 0 Å². The molecule has 1 fully saturated rings. The van der Waals surface area contributed by atoms with E-state index in [0.717, 1.165) is 19.3 Å². The van der Waals surface area contributed by atoms with Crippen LogP contribution >= 0.6 is 12.2 Å². The summed E-state index contributed by atoms with van der Waals surface area (Å²) < 4.78 is 13.3. The minimum Gasteiger partial charge on any atom is -0.392 e. The predicted octanol–water partition coefficient (Wildman–Crippen LogP) is 3.03. The molecule has 0 spiro atoms. The number of halogens is 1. The number of anilines is 1. The van der Waals surface area contributed by atoms with Gasteiger partial charge in [-0.2, -0.15) is 0 Å². The van der Waals surface area contributed by atoms with Crippen LogP contribution in [0.2, 0.25) is 0 Å². The lowest BCUT2D eigenvalue weighted by molar-refractivity contribution is -0.125. The lowest BCUT2D eigenvalue weighted by Crippen LogP contribution is -2.50. The molecule has 0 bridgehead atoms. The minimum atomic E-state index is -0.769. The van der Waals surface area contributed by atoms with Crippen molar-refractivity contribution in [3.05, 3.63) is 30.1 Å². The summed E-state index contributed by atoms with van der Waals surface area (Å²) in [5.41, 5.74) is 5.61. The number of hydrogen-bond acceptors (Lipinski definition) is 2. The highest BCUT2D eigenvalue weighted by Gasteiger charge is 2.44. The van der Waals surface area contributed by atoms with Gasteiger partial charge in [0, 0.05) is 12.7 Å². The van der Waals surface area contributed by atoms with Crippen LogP contribution in [0.1, 0.15) is 32.1 Å². The Morgan fingerprint density at radius 1 is 1.35 bits per heavy atom. The quantitative estimate of drug-likeness (QED) is 0.872. The fraction of sp³-hybridized carbons (Fsp3) is 0.467. The highest BCUT2D eigenvalue weighted by atomic mass is 32.1. The van der Waals surface area contributed by atoms with Gasteiger partial charge in [0.2, 0.25) is 5.91 Å². The molecule has 0 radical (unpaired) electrons. The number of rotatable bonds is 3. The maximum Gasteiger partial charge on any atom is 0.239 e. The summed E-state index contributed by atoms with van der Waals surface area (Å²) in [4.78, 5) is 14.5. The van der Waals surface area contributed by atoms with Gasteiger partial charge in [0.15, 0.2) is 0 Å². The summed E-state index contributed by atoms with van der Waals surface area (Å²) in [5.74, 6) is -0.495. The molecule has 20 heavy (non-hydrogen) atoms. The molecule has 1 aliphatic carbocycles. The van der Waals surface area contributed by atoms with Crippen LogP contribution < -0.4 is 10.6 Å². The number of carbonyl (C=O) groups excluding carboxylic acids is 1. The predicted molar refractivity (Wildman–Crippen MR) is 82.1 cm³/mol. The van der Waals surface area contributed by atoms with Gasteiger partial charge in [0.05, 0.1) is 10.4 Å². The average Bonchev–Trinajstić information content (AvgIpc) is 2.46. The van der Waals surface area contributed by atoms with E-state index >= 15 is 0 Å². The van der Waals surface area contributed by atoms with E-state index in [-0.39, 0.29) is 16.7 Å². The molecule has 108 valence electrons. The van der Waals surface area contributed by atoms with Crippen molar-refractivity contribution in [3.8, 4) is 0 Å². The maximum absolute atomic E-state index is 13.3. The largest absolute Gasteiger partial charge is 0.392 e. The zero-order chi connectivity index (χ0) is 14.8. The zero-order valence-electron chi connectivity index (χ0n) is 11.6. The van der Waals surface area contributed by atoms with Crippen LogP contribution in [-0.2, 0) is 4.79 Å². The maximum atomic E-state index is 13.3. The third-order valence-corrected chi connectivity index (χ3v) is 4.48. The van der Waals surface area contributed by atoms with E-state index in [4.69, 9.17) is 18.0 Å². The minimum absolute atomic E-state index is 0.129. The molecule has 1 saturated carbocycles. The van der Waals surface area contributed by atoms with Crippen molar-refractivity contribution in [2.45, 2.75) is 32.1 Å². The van der Waals surface area contributed by atoms with Crippen molar-refractivity contribution in [1.82, 2.24) is 0 Å². The Balaban J connectivity index is 2.30. The van der Waals surface area contributed by atoms with E-state index in [2.05, 4.69) is 0 Å². The van der Waals surface area contributed by atoms with Crippen molar-refractivity contribution in [1.29, 1.82) is 0 Å². The fourth-order valence-electron chi connectivity index (χ4n) is 2.84. The van der Waals surface area contributed by atoms with Gasteiger partial charge in [-0.1, -0.05) is 37.5 Å². The molecule has 1 amide bonds. The van der Waals surface area contributed by atoms with Gasteiger partial charge in [-0.15, -0.1) is 0 Å². The van der Waals surface area contributed by atoms with E-state index in [1.807, 2.05) is 0 Å². The second-order valence-electron chi connectivity index (χ2n) is 5.35. The van der Waals surface area contributed by atoms with E-state index in [1.54, 1.807) is 19.2 Å². The number of hydrogen-bond donors (Lipinski definition) is 1. The Morgan fingerprint density at radius 2 is 2.00 bits per heavy atom. The molecule has 2 N–H and O–H groups in total. The van der Waals surface area contributed by atoms with Crippen molar-refractivity contribution < 1.29 is 9.18 Å². The fourth-order valence-corrected chi connectivity index (χ4v) is 3.14. The molecular formula is C15H19FN2OS. The Labute approximate surface area is 123 Å². The lowest BCUT2D eigenvalue weighted by Gasteiger charge is -2.37. The summed E-state index contributed by atoms with van der Waals surface area (Å²) in [6.07, 6.45) is 4.35. The molecule has 0 heterocycles. The Hall–Kier alpha value is -1.49. The molecule has 0 atom stereocenters. The highest BCUT2D eigenvalue weighted by molar-refractivity contribution is 7.80. The van der Waals surface area contributed by atoms with Gasteiger partial charge in [-0.05, 0) is 31.0 Å². The van der Waals surface area contributed by atoms with E-state index in [1.165, 1.54) is 17.0 Å². The third-order valence-electron chi connectivity index (χ3n) is 4.09. The average molecular weight is 294 g/mol. The molecule has 1 aromatic rings. The number of benzene rings is 1. The van der Waals surface area contributed by atoms with Crippen LogP contribution in [0.4, 0.5) is 10.1 Å². The number of carbonyl (C=O) groups is 1. The molecule has 0 aliphatic heterocycles. The van der Waals surface area contributed by atoms with Crippen LogP contribution in [0.5, 0.6) is 0 Å². The summed E-state index contributed by atoms with van der Waals surface area (Å²) >= 11 is 5.16. The number of amides is 1. The van der Waals surface area contributed by atoms with Crippen LogP contribution in [0.15, 0.2) is 24.3 Å². The van der Waals surface area contributed by atoms with E-state index in [9.17, 15) is 9.18 Å². The van der Waals surface area contributed by atoms with Crippen molar-refractivity contribution >= 4 is 28.8 Å². The first-order valence-electron chi connectivity index (χ1n) is 6.81. The number of nitrogens with two attached hydrogens (primary N) is 1. The SMILES string of the molecule is CN(C(=O)C1(C(N)=S)CCCCC1)c1cccc(F)c1. The first kappa shape index (κ1) is 14.9. The van der Waals surface area contributed by atoms with E-state index in [0.29, 0.717) is 18.5 Å². The second kappa shape index (κ2) is 5.87. The van der Waals surface area contributed by atoms with E-state index < -0.39 is 5.41 Å². The smallest absolute Gasteiger partial charge is 0.239 e. The van der Waals surface area contributed by atoms with Gasteiger partial charge in [0.1, 0.15) is 5.82 Å². The van der Waals surface area contributed by atoms with Crippen LogP contribution in [0.3, 0.4) is 0 Å². The van der Waals surface area contributed by atoms with Gasteiger partial charge in [0.25, 0.3) is 0 Å². The summed E-state index contributed by atoms with van der Waals surface area (Å²) in [7, 11) is 1.64. The van der Waals surface area contributed by atoms with Gasteiger partial charge < -0.3 is 10.6 Å². The standard InChI is InChI=1S/C15H19FN2OS/c1-18(12-7-5-6-11(16)10-12)14(19)15(13(17)20)8-3-2-4-9-15/h5-7,10H,2-4,8-9H2,1H3,(H2,17,20). The molecule has 0 unspecified atom stereocenters. The van der Waals surface area contributed by atoms with Crippen LogP contribution in [0, 0.1) is 11.2 Å².